The third-order valence-electron chi connectivity index (χ3n) is 4.33. The highest BCUT2D eigenvalue weighted by Crippen LogP contribution is 2.44. The molecule has 0 bridgehead atoms. The van der Waals surface area contributed by atoms with E-state index in [2.05, 4.69) is 0 Å². The van der Waals surface area contributed by atoms with Gasteiger partial charge in [-0.1, -0.05) is 30.3 Å². The van der Waals surface area contributed by atoms with E-state index in [1.165, 1.54) is 11.8 Å². The van der Waals surface area contributed by atoms with Crippen LogP contribution in [0.2, 0.25) is 0 Å². The Labute approximate surface area is 141 Å². The Bertz CT molecular complexity index is 595. The first-order chi connectivity index (χ1) is 11.5. The minimum absolute atomic E-state index is 0.118. The van der Waals surface area contributed by atoms with Gasteiger partial charge >= 0.3 is 11.9 Å². The van der Waals surface area contributed by atoms with Crippen molar-refractivity contribution in [1.29, 1.82) is 0 Å². The molecule has 6 nitrogen and oxygen atoms in total. The summed E-state index contributed by atoms with van der Waals surface area (Å²) in [5.41, 5.74) is -0.957. The molecular formula is C18H23NO5. The van der Waals surface area contributed by atoms with Crippen LogP contribution in [0.1, 0.15) is 38.7 Å². The molecule has 130 valence electrons. The van der Waals surface area contributed by atoms with Gasteiger partial charge in [-0.2, -0.15) is 0 Å². The van der Waals surface area contributed by atoms with Gasteiger partial charge < -0.3 is 14.4 Å². The van der Waals surface area contributed by atoms with Crippen LogP contribution in [-0.4, -0.2) is 48.0 Å². The second kappa shape index (κ2) is 7.47. The Morgan fingerprint density at radius 2 is 1.62 bits per heavy atom. The van der Waals surface area contributed by atoms with E-state index in [9.17, 15) is 14.4 Å². The van der Waals surface area contributed by atoms with Crippen LogP contribution in [-0.2, 0) is 23.9 Å². The lowest BCUT2D eigenvalue weighted by Crippen LogP contribution is -2.62. The topological polar surface area (TPSA) is 72.9 Å². The molecule has 1 aromatic rings. The van der Waals surface area contributed by atoms with Gasteiger partial charge in [0.1, 0.15) is 0 Å². The van der Waals surface area contributed by atoms with Crippen molar-refractivity contribution in [2.24, 2.45) is 0 Å². The van der Waals surface area contributed by atoms with Gasteiger partial charge in [0.15, 0.2) is 0 Å². The number of amides is 1. The molecule has 1 aliphatic heterocycles. The van der Waals surface area contributed by atoms with Gasteiger partial charge in [-0.15, -0.1) is 0 Å². The lowest BCUT2D eigenvalue weighted by Gasteiger charge is -2.37. The maximum absolute atomic E-state index is 12.9. The molecule has 6 heteroatoms. The molecule has 24 heavy (non-hydrogen) atoms. The van der Waals surface area contributed by atoms with Crippen molar-refractivity contribution in [2.75, 3.05) is 19.8 Å². The standard InChI is InChI=1S/C18H23NO5/c1-4-23-16(21)18(17(22)24-5-2)15(11-12-19(18)13(3)20)14-9-7-6-8-10-14/h6-10,15H,4-5,11-12H2,1-3H3. The molecule has 1 saturated heterocycles. The highest BCUT2D eigenvalue weighted by molar-refractivity contribution is 6.09. The third-order valence-corrected chi connectivity index (χ3v) is 4.33. The molecule has 1 amide bonds. The van der Waals surface area contributed by atoms with Crippen molar-refractivity contribution in [3.8, 4) is 0 Å². The largest absolute Gasteiger partial charge is 0.464 e. The third kappa shape index (κ3) is 2.88. The number of carbonyl (C=O) groups is 3. The first-order valence-corrected chi connectivity index (χ1v) is 8.17. The normalized spacial score (nSPS) is 19.0. The average Bonchev–Trinajstić information content (AvgIpc) is 2.97. The quantitative estimate of drug-likeness (QED) is 0.608. The molecule has 0 spiro atoms. The molecule has 1 fully saturated rings. The SMILES string of the molecule is CCOC(=O)C1(C(=O)OCC)C(c2ccccc2)CCN1C(C)=O. The van der Waals surface area contributed by atoms with Gasteiger partial charge in [0, 0.05) is 19.4 Å². The van der Waals surface area contributed by atoms with Crippen LogP contribution in [0, 0.1) is 0 Å². The summed E-state index contributed by atoms with van der Waals surface area (Å²) in [5, 5.41) is 0. The number of ether oxygens (including phenoxy) is 2. The van der Waals surface area contributed by atoms with Gasteiger partial charge in [-0.3, -0.25) is 4.79 Å². The Hall–Kier alpha value is -2.37. The van der Waals surface area contributed by atoms with Crippen molar-refractivity contribution < 1.29 is 23.9 Å². The maximum Gasteiger partial charge on any atom is 0.344 e. The van der Waals surface area contributed by atoms with E-state index in [-0.39, 0.29) is 19.1 Å². The fourth-order valence-corrected chi connectivity index (χ4v) is 3.40. The number of hydrogen-bond donors (Lipinski definition) is 0. The van der Waals surface area contributed by atoms with Crippen LogP contribution in [0.3, 0.4) is 0 Å². The summed E-state index contributed by atoms with van der Waals surface area (Å²) in [6.45, 7) is 5.22. The molecule has 0 radical (unpaired) electrons. The second-order valence-corrected chi connectivity index (χ2v) is 5.63. The number of hydrogen-bond acceptors (Lipinski definition) is 5. The van der Waals surface area contributed by atoms with Crippen LogP contribution in [0.25, 0.3) is 0 Å². The first kappa shape index (κ1) is 18.0. The second-order valence-electron chi connectivity index (χ2n) is 5.63. The fourth-order valence-electron chi connectivity index (χ4n) is 3.40. The summed E-state index contributed by atoms with van der Waals surface area (Å²) in [6.07, 6.45) is 0.487. The smallest absolute Gasteiger partial charge is 0.344 e. The summed E-state index contributed by atoms with van der Waals surface area (Å²) in [6, 6.07) is 9.24. The molecule has 1 heterocycles. The molecule has 1 aliphatic rings. The highest BCUT2D eigenvalue weighted by atomic mass is 16.6. The van der Waals surface area contributed by atoms with E-state index in [1.54, 1.807) is 13.8 Å². The summed E-state index contributed by atoms with van der Waals surface area (Å²) < 4.78 is 10.4. The molecule has 0 saturated carbocycles. The first-order valence-electron chi connectivity index (χ1n) is 8.17. The minimum Gasteiger partial charge on any atom is -0.464 e. The van der Waals surface area contributed by atoms with Crippen LogP contribution in [0.5, 0.6) is 0 Å². The molecule has 1 atom stereocenters. The van der Waals surface area contributed by atoms with Gasteiger partial charge in [0.05, 0.1) is 13.2 Å². The number of carbonyl (C=O) groups excluding carboxylic acids is 3. The fraction of sp³-hybridized carbons (Fsp3) is 0.500. The van der Waals surface area contributed by atoms with Gasteiger partial charge in [-0.25, -0.2) is 9.59 Å². The summed E-state index contributed by atoms with van der Waals surface area (Å²) in [4.78, 5) is 39.2. The van der Waals surface area contributed by atoms with E-state index in [0.717, 1.165) is 5.56 Å². The lowest BCUT2D eigenvalue weighted by molar-refractivity contribution is -0.177. The number of esters is 2. The van der Waals surface area contributed by atoms with Crippen LogP contribution in [0.15, 0.2) is 30.3 Å². The van der Waals surface area contributed by atoms with Crippen molar-refractivity contribution >= 4 is 17.8 Å². The molecule has 0 aliphatic carbocycles. The number of likely N-dealkylation sites (tertiary alicyclic amines) is 1. The van der Waals surface area contributed by atoms with E-state index >= 15 is 0 Å². The van der Waals surface area contributed by atoms with Crippen molar-refractivity contribution in [3.05, 3.63) is 35.9 Å². The highest BCUT2D eigenvalue weighted by Gasteiger charge is 2.63. The Morgan fingerprint density at radius 1 is 1.08 bits per heavy atom. The average molecular weight is 333 g/mol. The Balaban J connectivity index is 2.62. The maximum atomic E-state index is 12.9. The summed E-state index contributed by atoms with van der Waals surface area (Å²) >= 11 is 0. The van der Waals surface area contributed by atoms with E-state index < -0.39 is 23.4 Å². The van der Waals surface area contributed by atoms with E-state index in [1.807, 2.05) is 30.3 Å². The van der Waals surface area contributed by atoms with Gasteiger partial charge in [0.2, 0.25) is 11.4 Å². The predicted molar refractivity (Wildman–Crippen MR) is 87.2 cm³/mol. The van der Waals surface area contributed by atoms with Crippen molar-refractivity contribution in [1.82, 2.24) is 4.90 Å². The van der Waals surface area contributed by atoms with Crippen molar-refractivity contribution in [3.63, 3.8) is 0 Å². The van der Waals surface area contributed by atoms with Gasteiger partial charge in [0.25, 0.3) is 0 Å². The van der Waals surface area contributed by atoms with Crippen molar-refractivity contribution in [2.45, 2.75) is 38.6 Å². The minimum atomic E-state index is -1.76. The van der Waals surface area contributed by atoms with Crippen LogP contribution in [0.4, 0.5) is 0 Å². The summed E-state index contributed by atoms with van der Waals surface area (Å²) in [7, 11) is 0. The van der Waals surface area contributed by atoms with E-state index in [0.29, 0.717) is 13.0 Å². The number of nitrogens with zero attached hydrogens (tertiary/aromatic N) is 1. The monoisotopic (exact) mass is 333 g/mol. The van der Waals surface area contributed by atoms with E-state index in [4.69, 9.17) is 9.47 Å². The Kier molecular flexibility index (Phi) is 5.59. The molecule has 1 aromatic carbocycles. The molecule has 0 N–H and O–H groups in total. The molecule has 0 aromatic heterocycles. The molecular weight excluding hydrogens is 310 g/mol. The van der Waals surface area contributed by atoms with Crippen LogP contribution >= 0.6 is 0 Å². The number of rotatable bonds is 5. The molecule has 1 unspecified atom stereocenters. The molecule has 2 rings (SSSR count). The zero-order valence-electron chi connectivity index (χ0n) is 14.3. The lowest BCUT2D eigenvalue weighted by atomic mass is 9.79. The summed E-state index contributed by atoms with van der Waals surface area (Å²) in [5.74, 6) is -2.31. The number of benzene rings is 1. The predicted octanol–water partition coefficient (Wildman–Crippen LogP) is 1.89. The van der Waals surface area contributed by atoms with Gasteiger partial charge in [-0.05, 0) is 25.8 Å². The van der Waals surface area contributed by atoms with Crippen LogP contribution < -0.4 is 0 Å². The Morgan fingerprint density at radius 3 is 2.08 bits per heavy atom. The zero-order chi connectivity index (χ0) is 17.7. The zero-order valence-corrected chi connectivity index (χ0v) is 14.3.